The molecule has 1 heterocycles. The highest BCUT2D eigenvalue weighted by molar-refractivity contribution is 7.99. The highest BCUT2D eigenvalue weighted by Crippen LogP contribution is 2.40. The lowest BCUT2D eigenvalue weighted by atomic mass is 10.2. The Labute approximate surface area is 135 Å². The number of aryl methyl sites for hydroxylation is 1. The summed E-state index contributed by atoms with van der Waals surface area (Å²) in [6.07, 6.45) is 5.41. The van der Waals surface area contributed by atoms with Crippen LogP contribution in [-0.4, -0.2) is 27.6 Å². The molecule has 1 fully saturated rings. The zero-order valence-electron chi connectivity index (χ0n) is 12.9. The van der Waals surface area contributed by atoms with Crippen LogP contribution >= 0.6 is 11.8 Å². The summed E-state index contributed by atoms with van der Waals surface area (Å²) >= 11 is 1.77. The van der Waals surface area contributed by atoms with Gasteiger partial charge in [-0.05, 0) is 37.0 Å². The van der Waals surface area contributed by atoms with Crippen LogP contribution < -0.4 is 4.74 Å². The molecule has 0 amide bonds. The minimum Gasteiger partial charge on any atom is -0.497 e. The minimum atomic E-state index is 0.614. The molecule has 2 aromatic rings. The molecular weight excluding hydrogens is 294 g/mol. The van der Waals surface area contributed by atoms with Crippen molar-refractivity contribution in [3.63, 3.8) is 0 Å². The summed E-state index contributed by atoms with van der Waals surface area (Å²) in [7, 11) is 1.69. The molecule has 1 aliphatic carbocycles. The molecule has 1 saturated carbocycles. The first-order chi connectivity index (χ1) is 10.8. The summed E-state index contributed by atoms with van der Waals surface area (Å²) < 4.78 is 7.39. The van der Waals surface area contributed by atoms with Gasteiger partial charge >= 0.3 is 0 Å². The summed E-state index contributed by atoms with van der Waals surface area (Å²) in [6.45, 7) is 4.64. The first kappa shape index (κ1) is 15.2. The van der Waals surface area contributed by atoms with E-state index in [1.807, 2.05) is 18.2 Å². The van der Waals surface area contributed by atoms with Gasteiger partial charge < -0.3 is 9.30 Å². The fraction of sp³-hybridized carbons (Fsp3) is 0.412. The minimum absolute atomic E-state index is 0.614. The summed E-state index contributed by atoms with van der Waals surface area (Å²) in [5, 5.41) is 9.75. The van der Waals surface area contributed by atoms with Crippen LogP contribution in [0.15, 0.2) is 42.1 Å². The van der Waals surface area contributed by atoms with E-state index in [1.165, 1.54) is 18.4 Å². The van der Waals surface area contributed by atoms with Crippen molar-refractivity contribution in [2.75, 3.05) is 12.9 Å². The van der Waals surface area contributed by atoms with E-state index in [1.54, 1.807) is 18.9 Å². The van der Waals surface area contributed by atoms with Gasteiger partial charge in [0.2, 0.25) is 0 Å². The van der Waals surface area contributed by atoms with E-state index in [2.05, 4.69) is 33.5 Å². The summed E-state index contributed by atoms with van der Waals surface area (Å²) in [5.41, 5.74) is 1.31. The van der Waals surface area contributed by atoms with E-state index in [4.69, 9.17) is 4.74 Å². The smallest absolute Gasteiger partial charge is 0.191 e. The number of rotatable bonds is 8. The Hall–Kier alpha value is -1.75. The van der Waals surface area contributed by atoms with Crippen molar-refractivity contribution in [1.29, 1.82) is 0 Å². The number of hydrogen-bond acceptors (Lipinski definition) is 4. The molecule has 3 rings (SSSR count). The third-order valence-electron chi connectivity index (χ3n) is 3.78. The van der Waals surface area contributed by atoms with Gasteiger partial charge in [-0.15, -0.1) is 16.8 Å². The molecule has 0 radical (unpaired) electrons. The fourth-order valence-electron chi connectivity index (χ4n) is 2.40. The summed E-state index contributed by atoms with van der Waals surface area (Å²) in [6, 6.07) is 8.24. The lowest BCUT2D eigenvalue weighted by Gasteiger charge is -2.07. The average Bonchev–Trinajstić information content (AvgIpc) is 3.32. The normalized spacial score (nSPS) is 14.0. The molecule has 0 saturated heterocycles. The molecule has 0 spiro atoms. The van der Waals surface area contributed by atoms with E-state index in [0.717, 1.165) is 35.4 Å². The lowest BCUT2D eigenvalue weighted by Crippen LogP contribution is -2.03. The number of hydrogen-bond donors (Lipinski definition) is 0. The van der Waals surface area contributed by atoms with E-state index < -0.39 is 0 Å². The zero-order chi connectivity index (χ0) is 15.4. The Bertz CT molecular complexity index is 632. The van der Waals surface area contributed by atoms with Gasteiger partial charge in [-0.1, -0.05) is 30.0 Å². The molecule has 0 atom stereocenters. The molecule has 1 aliphatic rings. The van der Waals surface area contributed by atoms with Crippen LogP contribution in [0.3, 0.4) is 0 Å². The predicted octanol–water partition coefficient (Wildman–Crippen LogP) is 3.68. The quantitative estimate of drug-likeness (QED) is 0.550. The Morgan fingerprint density at radius 1 is 1.32 bits per heavy atom. The number of benzene rings is 1. The maximum atomic E-state index is 5.18. The third kappa shape index (κ3) is 3.53. The summed E-state index contributed by atoms with van der Waals surface area (Å²) in [4.78, 5) is 0. The van der Waals surface area contributed by atoms with Gasteiger partial charge in [0.25, 0.3) is 0 Å². The maximum Gasteiger partial charge on any atom is 0.191 e. The number of methoxy groups -OCH3 is 1. The van der Waals surface area contributed by atoms with Crippen molar-refractivity contribution < 1.29 is 4.74 Å². The maximum absolute atomic E-state index is 5.18. The zero-order valence-corrected chi connectivity index (χ0v) is 13.7. The highest BCUT2D eigenvalue weighted by atomic mass is 32.2. The van der Waals surface area contributed by atoms with Crippen LogP contribution in [0, 0.1) is 0 Å². The van der Waals surface area contributed by atoms with Crippen molar-refractivity contribution in [2.24, 2.45) is 0 Å². The van der Waals surface area contributed by atoms with E-state index in [0.29, 0.717) is 5.92 Å². The van der Waals surface area contributed by atoms with Crippen LogP contribution in [-0.2, 0) is 13.0 Å². The fourth-order valence-corrected chi connectivity index (χ4v) is 3.35. The van der Waals surface area contributed by atoms with Crippen LogP contribution in [0.4, 0.5) is 0 Å². The van der Waals surface area contributed by atoms with Gasteiger partial charge in [0, 0.05) is 18.2 Å². The Kier molecular flexibility index (Phi) is 4.83. The Balaban J connectivity index is 1.59. The number of thioether (sulfide) groups is 1. The average molecular weight is 315 g/mol. The van der Waals surface area contributed by atoms with Gasteiger partial charge in [0.1, 0.15) is 11.6 Å². The van der Waals surface area contributed by atoms with Crippen LogP contribution in [0.5, 0.6) is 5.75 Å². The number of allylic oxidation sites excluding steroid dienone is 1. The molecule has 5 heteroatoms. The number of ether oxygens (including phenoxy) is 1. The first-order valence-electron chi connectivity index (χ1n) is 7.61. The van der Waals surface area contributed by atoms with E-state index in [9.17, 15) is 0 Å². The second kappa shape index (κ2) is 7.01. The lowest BCUT2D eigenvalue weighted by molar-refractivity contribution is 0.414. The molecule has 1 aromatic carbocycles. The number of aromatic nitrogens is 3. The van der Waals surface area contributed by atoms with Crippen molar-refractivity contribution in [3.05, 3.63) is 48.3 Å². The van der Waals surface area contributed by atoms with Crippen LogP contribution in [0.2, 0.25) is 0 Å². The first-order valence-corrected chi connectivity index (χ1v) is 8.60. The van der Waals surface area contributed by atoms with Crippen molar-refractivity contribution in [3.8, 4) is 5.75 Å². The predicted molar refractivity (Wildman–Crippen MR) is 89.6 cm³/mol. The molecule has 0 bridgehead atoms. The third-order valence-corrected chi connectivity index (χ3v) is 4.75. The molecular formula is C17H21N3OS. The SMILES string of the molecule is C=CCn1c(SCCc2ccc(OC)cc2)nnc1C1CC1. The standard InChI is InChI=1S/C17H21N3OS/c1-3-11-20-16(14-6-7-14)18-19-17(20)22-12-10-13-4-8-15(21-2)9-5-13/h3-5,8-9,14H,1,6-7,10-12H2,2H3. The van der Waals surface area contributed by atoms with E-state index >= 15 is 0 Å². The van der Waals surface area contributed by atoms with Crippen molar-refractivity contribution in [2.45, 2.75) is 36.9 Å². The molecule has 0 unspecified atom stereocenters. The monoisotopic (exact) mass is 315 g/mol. The second-order valence-electron chi connectivity index (χ2n) is 5.46. The molecule has 1 aromatic heterocycles. The Morgan fingerprint density at radius 2 is 2.09 bits per heavy atom. The van der Waals surface area contributed by atoms with Gasteiger partial charge in [-0.3, -0.25) is 0 Å². The number of nitrogens with zero attached hydrogens (tertiary/aromatic N) is 3. The van der Waals surface area contributed by atoms with Crippen LogP contribution in [0.25, 0.3) is 0 Å². The van der Waals surface area contributed by atoms with Gasteiger partial charge in [-0.2, -0.15) is 0 Å². The molecule has 22 heavy (non-hydrogen) atoms. The second-order valence-corrected chi connectivity index (χ2v) is 6.52. The van der Waals surface area contributed by atoms with Gasteiger partial charge in [-0.25, -0.2) is 0 Å². The van der Waals surface area contributed by atoms with Crippen LogP contribution in [0.1, 0.15) is 30.1 Å². The topological polar surface area (TPSA) is 39.9 Å². The Morgan fingerprint density at radius 3 is 2.73 bits per heavy atom. The molecule has 4 nitrogen and oxygen atoms in total. The highest BCUT2D eigenvalue weighted by Gasteiger charge is 2.29. The largest absolute Gasteiger partial charge is 0.497 e. The summed E-state index contributed by atoms with van der Waals surface area (Å²) in [5.74, 6) is 3.64. The molecule has 0 N–H and O–H groups in total. The van der Waals surface area contributed by atoms with Gasteiger partial charge in [0.15, 0.2) is 5.16 Å². The van der Waals surface area contributed by atoms with E-state index in [-0.39, 0.29) is 0 Å². The van der Waals surface area contributed by atoms with Gasteiger partial charge in [0.05, 0.1) is 7.11 Å². The van der Waals surface area contributed by atoms with Crippen molar-refractivity contribution >= 4 is 11.8 Å². The molecule has 0 aliphatic heterocycles. The molecule has 116 valence electrons. The van der Waals surface area contributed by atoms with Crippen molar-refractivity contribution in [1.82, 2.24) is 14.8 Å².